The van der Waals surface area contributed by atoms with Crippen LogP contribution >= 0.6 is 0 Å². The van der Waals surface area contributed by atoms with Crippen molar-refractivity contribution >= 4 is 0 Å². The minimum absolute atomic E-state index is 0.426. The van der Waals surface area contributed by atoms with Crippen LogP contribution in [0.2, 0.25) is 0 Å². The lowest BCUT2D eigenvalue weighted by Crippen LogP contribution is -2.39. The number of hydrogen-bond donors (Lipinski definition) is 1. The van der Waals surface area contributed by atoms with Crippen LogP contribution in [0.25, 0.3) is 0 Å². The van der Waals surface area contributed by atoms with Gasteiger partial charge in [0.05, 0.1) is 0 Å². The molecule has 1 aliphatic rings. The summed E-state index contributed by atoms with van der Waals surface area (Å²) in [7, 11) is 0. The van der Waals surface area contributed by atoms with Crippen molar-refractivity contribution in [3.8, 4) is 0 Å². The van der Waals surface area contributed by atoms with Crippen LogP contribution in [0.3, 0.4) is 0 Å². The molecule has 0 radical (unpaired) electrons. The predicted octanol–water partition coefficient (Wildman–Crippen LogP) is 3.30. The highest BCUT2D eigenvalue weighted by atomic mass is 14.9. The highest BCUT2D eigenvalue weighted by Crippen LogP contribution is 2.46. The molecule has 0 bridgehead atoms. The zero-order valence-corrected chi connectivity index (χ0v) is 10.8. The smallest absolute Gasteiger partial charge is 0.00170 e. The molecule has 84 valence electrons. The Hall–Kier alpha value is -0.0400. The fraction of sp³-hybridized carbons (Fsp3) is 1.00. The van der Waals surface area contributed by atoms with E-state index in [0.29, 0.717) is 10.8 Å². The summed E-state index contributed by atoms with van der Waals surface area (Å²) < 4.78 is 0. The quantitative estimate of drug-likeness (QED) is 0.680. The Bertz CT molecular complexity index is 162. The SMILES string of the molecule is CC(C)(C)C(C1CCNC1)C(C)(C)C. The van der Waals surface area contributed by atoms with Crippen molar-refractivity contribution in [2.75, 3.05) is 13.1 Å². The molecule has 1 rings (SSSR count). The molecule has 0 aromatic heterocycles. The highest BCUT2D eigenvalue weighted by Gasteiger charge is 2.41. The van der Waals surface area contributed by atoms with Gasteiger partial charge in [0.1, 0.15) is 0 Å². The first-order valence-electron chi connectivity index (χ1n) is 5.93. The lowest BCUT2D eigenvalue weighted by molar-refractivity contribution is 0.0503. The molecule has 0 spiro atoms. The van der Waals surface area contributed by atoms with Crippen LogP contribution in [-0.2, 0) is 0 Å². The van der Waals surface area contributed by atoms with Crippen molar-refractivity contribution in [1.82, 2.24) is 5.32 Å². The van der Waals surface area contributed by atoms with Gasteiger partial charge >= 0.3 is 0 Å². The molecule has 1 atom stereocenters. The molecular formula is C13H27N. The maximum atomic E-state index is 3.50. The van der Waals surface area contributed by atoms with E-state index < -0.39 is 0 Å². The second-order valence-electron chi connectivity index (χ2n) is 6.96. The molecule has 1 heterocycles. The van der Waals surface area contributed by atoms with E-state index in [1.54, 1.807) is 0 Å². The van der Waals surface area contributed by atoms with E-state index in [1.807, 2.05) is 0 Å². The fourth-order valence-corrected chi connectivity index (χ4v) is 3.67. The Labute approximate surface area is 89.7 Å². The summed E-state index contributed by atoms with van der Waals surface area (Å²) in [6.45, 7) is 16.8. The van der Waals surface area contributed by atoms with E-state index in [9.17, 15) is 0 Å². The molecule has 1 nitrogen and oxygen atoms in total. The molecule has 0 amide bonds. The average Bonchev–Trinajstić information content (AvgIpc) is 2.31. The number of hydrogen-bond acceptors (Lipinski definition) is 1. The summed E-state index contributed by atoms with van der Waals surface area (Å²) in [5.41, 5.74) is 0.851. The average molecular weight is 197 g/mol. The van der Waals surface area contributed by atoms with E-state index in [2.05, 4.69) is 46.9 Å². The minimum atomic E-state index is 0.426. The Morgan fingerprint density at radius 3 is 1.79 bits per heavy atom. The third-order valence-electron chi connectivity index (χ3n) is 3.44. The van der Waals surface area contributed by atoms with Gasteiger partial charge in [-0.2, -0.15) is 0 Å². The van der Waals surface area contributed by atoms with Gasteiger partial charge in [-0.3, -0.25) is 0 Å². The summed E-state index contributed by atoms with van der Waals surface area (Å²) in [5.74, 6) is 1.68. The molecule has 14 heavy (non-hydrogen) atoms. The predicted molar refractivity (Wildman–Crippen MR) is 63.4 cm³/mol. The maximum absolute atomic E-state index is 3.50. The van der Waals surface area contributed by atoms with Crippen LogP contribution in [0, 0.1) is 22.7 Å². The van der Waals surface area contributed by atoms with Crippen molar-refractivity contribution in [1.29, 1.82) is 0 Å². The standard InChI is InChI=1S/C13H27N/c1-12(2,3)11(13(4,5)6)10-7-8-14-9-10/h10-11,14H,7-9H2,1-6H3. The molecule has 0 aromatic rings. The maximum Gasteiger partial charge on any atom is -0.00170 e. The molecule has 1 aliphatic heterocycles. The monoisotopic (exact) mass is 197 g/mol. The third kappa shape index (κ3) is 2.73. The molecule has 1 saturated heterocycles. The van der Waals surface area contributed by atoms with E-state index in [1.165, 1.54) is 19.5 Å². The molecular weight excluding hydrogens is 170 g/mol. The van der Waals surface area contributed by atoms with Gasteiger partial charge in [-0.15, -0.1) is 0 Å². The lowest BCUT2D eigenvalue weighted by Gasteiger charge is -2.44. The van der Waals surface area contributed by atoms with E-state index in [-0.39, 0.29) is 0 Å². The van der Waals surface area contributed by atoms with Gasteiger partial charge in [0.2, 0.25) is 0 Å². The summed E-state index contributed by atoms with van der Waals surface area (Å²) in [4.78, 5) is 0. The topological polar surface area (TPSA) is 12.0 Å². The lowest BCUT2D eigenvalue weighted by atomic mass is 9.61. The van der Waals surface area contributed by atoms with Crippen LogP contribution < -0.4 is 5.32 Å². The zero-order valence-electron chi connectivity index (χ0n) is 10.8. The molecule has 1 unspecified atom stereocenters. The van der Waals surface area contributed by atoms with E-state index >= 15 is 0 Å². The van der Waals surface area contributed by atoms with Crippen LogP contribution in [0.4, 0.5) is 0 Å². The third-order valence-corrected chi connectivity index (χ3v) is 3.44. The highest BCUT2D eigenvalue weighted by molar-refractivity contribution is 4.91. The zero-order chi connectivity index (χ0) is 11.0. The molecule has 1 N–H and O–H groups in total. The van der Waals surface area contributed by atoms with Gasteiger partial charge in [0, 0.05) is 0 Å². The van der Waals surface area contributed by atoms with Crippen LogP contribution in [-0.4, -0.2) is 13.1 Å². The fourth-order valence-electron chi connectivity index (χ4n) is 3.67. The van der Waals surface area contributed by atoms with Gasteiger partial charge in [-0.05, 0) is 42.2 Å². The second kappa shape index (κ2) is 3.84. The van der Waals surface area contributed by atoms with E-state index in [4.69, 9.17) is 0 Å². The summed E-state index contributed by atoms with van der Waals surface area (Å²) in [6.07, 6.45) is 1.36. The van der Waals surface area contributed by atoms with Gasteiger partial charge < -0.3 is 5.32 Å². The first-order chi connectivity index (χ1) is 6.23. The van der Waals surface area contributed by atoms with Crippen molar-refractivity contribution in [3.05, 3.63) is 0 Å². The van der Waals surface area contributed by atoms with Crippen molar-refractivity contribution in [2.24, 2.45) is 22.7 Å². The molecule has 0 aromatic carbocycles. The summed E-state index contributed by atoms with van der Waals surface area (Å²) >= 11 is 0. The molecule has 1 heteroatoms. The van der Waals surface area contributed by atoms with Crippen LogP contribution in [0.15, 0.2) is 0 Å². The minimum Gasteiger partial charge on any atom is -0.316 e. The Kier molecular flexibility index (Phi) is 3.30. The van der Waals surface area contributed by atoms with Gasteiger partial charge in [-0.25, -0.2) is 0 Å². The van der Waals surface area contributed by atoms with Crippen molar-refractivity contribution in [2.45, 2.75) is 48.0 Å². The summed E-state index contributed by atoms with van der Waals surface area (Å²) in [5, 5.41) is 3.50. The Morgan fingerprint density at radius 2 is 1.50 bits per heavy atom. The van der Waals surface area contributed by atoms with Gasteiger partial charge in [0.25, 0.3) is 0 Å². The first-order valence-corrected chi connectivity index (χ1v) is 5.93. The second-order valence-corrected chi connectivity index (χ2v) is 6.96. The van der Waals surface area contributed by atoms with E-state index in [0.717, 1.165) is 11.8 Å². The van der Waals surface area contributed by atoms with Gasteiger partial charge in [-0.1, -0.05) is 41.5 Å². The van der Waals surface area contributed by atoms with Crippen molar-refractivity contribution in [3.63, 3.8) is 0 Å². The first kappa shape index (κ1) is 12.0. The van der Waals surface area contributed by atoms with Crippen molar-refractivity contribution < 1.29 is 0 Å². The summed E-state index contributed by atoms with van der Waals surface area (Å²) in [6, 6.07) is 0. The molecule has 1 fully saturated rings. The Morgan fingerprint density at radius 1 is 1.00 bits per heavy atom. The normalized spacial score (nSPS) is 24.6. The largest absolute Gasteiger partial charge is 0.316 e. The van der Waals surface area contributed by atoms with Crippen LogP contribution in [0.5, 0.6) is 0 Å². The molecule has 0 aliphatic carbocycles. The Balaban J connectivity index is 2.82. The van der Waals surface area contributed by atoms with Crippen LogP contribution in [0.1, 0.15) is 48.0 Å². The molecule has 0 saturated carbocycles. The van der Waals surface area contributed by atoms with Gasteiger partial charge in [0.15, 0.2) is 0 Å². The number of nitrogens with one attached hydrogen (secondary N) is 1. The number of rotatable bonds is 1.